The number of carbonyl (C=O) groups is 3. The summed E-state index contributed by atoms with van der Waals surface area (Å²) in [6.45, 7) is 4.05. The lowest BCUT2D eigenvalue weighted by Crippen LogP contribution is -2.42. The van der Waals surface area contributed by atoms with Gasteiger partial charge in [-0.1, -0.05) is 24.3 Å². The fourth-order valence-corrected chi connectivity index (χ4v) is 4.66. The Hall–Kier alpha value is -2.57. The van der Waals surface area contributed by atoms with Gasteiger partial charge in [-0.25, -0.2) is 4.79 Å². The summed E-state index contributed by atoms with van der Waals surface area (Å²) in [4.78, 5) is 42.3. The van der Waals surface area contributed by atoms with Crippen molar-refractivity contribution in [3.05, 3.63) is 35.4 Å². The van der Waals surface area contributed by atoms with E-state index in [0.717, 1.165) is 11.1 Å². The first-order valence-corrected chi connectivity index (χ1v) is 10.2. The molecule has 3 atom stereocenters. The Balaban J connectivity index is 1.74. The highest BCUT2D eigenvalue weighted by Gasteiger charge is 2.50. The highest BCUT2D eigenvalue weighted by Crippen LogP contribution is 2.46. The first-order chi connectivity index (χ1) is 13.8. The zero-order valence-corrected chi connectivity index (χ0v) is 17.8. The maximum Gasteiger partial charge on any atom is 0.320 e. The van der Waals surface area contributed by atoms with Crippen molar-refractivity contribution in [2.45, 2.75) is 32.2 Å². The Morgan fingerprint density at radius 2 is 1.83 bits per heavy atom. The van der Waals surface area contributed by atoms with E-state index in [1.54, 1.807) is 19.0 Å². The van der Waals surface area contributed by atoms with Gasteiger partial charge in [-0.05, 0) is 24.5 Å². The number of hydrogen-bond acceptors (Lipinski definition) is 4. The average Bonchev–Trinajstić information content (AvgIpc) is 3.25. The van der Waals surface area contributed by atoms with Crippen LogP contribution in [0.1, 0.15) is 36.4 Å². The highest BCUT2D eigenvalue weighted by molar-refractivity contribution is 5.78. The van der Waals surface area contributed by atoms with Gasteiger partial charge in [0.15, 0.2) is 0 Å². The molecule has 2 heterocycles. The van der Waals surface area contributed by atoms with Crippen molar-refractivity contribution in [2.24, 2.45) is 11.8 Å². The molecular formula is C22H31N3O4. The molecule has 2 aliphatic heterocycles. The number of fused-ring (bicyclic) bond motifs is 1. The maximum absolute atomic E-state index is 12.8. The normalized spacial score (nSPS) is 23.1. The number of nitrogens with zero attached hydrogens (tertiary/aromatic N) is 3. The Morgan fingerprint density at radius 3 is 2.48 bits per heavy atom. The second-order valence-electron chi connectivity index (χ2n) is 8.28. The number of amides is 3. The summed E-state index contributed by atoms with van der Waals surface area (Å²) >= 11 is 0. The van der Waals surface area contributed by atoms with E-state index in [1.807, 2.05) is 21.9 Å². The third kappa shape index (κ3) is 4.38. The van der Waals surface area contributed by atoms with E-state index >= 15 is 0 Å². The van der Waals surface area contributed by atoms with Gasteiger partial charge < -0.3 is 19.4 Å². The molecule has 2 aliphatic rings. The summed E-state index contributed by atoms with van der Waals surface area (Å²) in [5, 5.41) is 0. The SMILES string of the molecule is COC(=O)CCCC(=O)N1C[C@@H]2CN(C(=O)N(C)C)[C@@H](c3ccccc3C)[C@@H]2C1. The smallest absolute Gasteiger partial charge is 0.320 e. The van der Waals surface area contributed by atoms with Gasteiger partial charge in [-0.2, -0.15) is 0 Å². The Morgan fingerprint density at radius 1 is 1.10 bits per heavy atom. The zero-order chi connectivity index (χ0) is 21.1. The molecule has 29 heavy (non-hydrogen) atoms. The van der Waals surface area contributed by atoms with E-state index < -0.39 is 0 Å². The van der Waals surface area contributed by atoms with Crippen molar-refractivity contribution in [2.75, 3.05) is 40.8 Å². The highest BCUT2D eigenvalue weighted by atomic mass is 16.5. The van der Waals surface area contributed by atoms with Crippen LogP contribution in [-0.4, -0.2) is 73.4 Å². The van der Waals surface area contributed by atoms with Crippen LogP contribution in [0.25, 0.3) is 0 Å². The molecule has 0 aliphatic carbocycles. The fourth-order valence-electron chi connectivity index (χ4n) is 4.66. The van der Waals surface area contributed by atoms with E-state index in [2.05, 4.69) is 23.8 Å². The van der Waals surface area contributed by atoms with Gasteiger partial charge >= 0.3 is 12.0 Å². The summed E-state index contributed by atoms with van der Waals surface area (Å²) in [6.07, 6.45) is 1.12. The van der Waals surface area contributed by atoms with Crippen LogP contribution in [0.15, 0.2) is 24.3 Å². The third-order valence-electron chi connectivity index (χ3n) is 6.15. The monoisotopic (exact) mass is 401 g/mol. The summed E-state index contributed by atoms with van der Waals surface area (Å²) in [5.41, 5.74) is 2.33. The topological polar surface area (TPSA) is 70.2 Å². The van der Waals surface area contributed by atoms with Crippen LogP contribution in [0.3, 0.4) is 0 Å². The van der Waals surface area contributed by atoms with Crippen LogP contribution in [0.5, 0.6) is 0 Å². The first-order valence-electron chi connectivity index (χ1n) is 10.2. The minimum Gasteiger partial charge on any atom is -0.469 e. The standard InChI is InChI=1S/C22H31N3O4/c1-15-8-5-6-9-17(15)21-18-14-24(19(26)10-7-11-20(27)29-4)12-16(18)13-25(21)22(28)23(2)3/h5-6,8-9,16,18,21H,7,10-14H2,1-4H3/t16-,18-,21+/m1/s1. The summed E-state index contributed by atoms with van der Waals surface area (Å²) in [7, 11) is 4.92. The third-order valence-corrected chi connectivity index (χ3v) is 6.15. The number of urea groups is 1. The minimum absolute atomic E-state index is 0.0172. The van der Waals surface area contributed by atoms with Crippen LogP contribution in [-0.2, 0) is 14.3 Å². The van der Waals surface area contributed by atoms with Gasteiger partial charge in [0.05, 0.1) is 13.2 Å². The number of aryl methyl sites for hydroxylation is 1. The number of benzene rings is 1. The van der Waals surface area contributed by atoms with E-state index in [4.69, 9.17) is 0 Å². The van der Waals surface area contributed by atoms with E-state index in [0.29, 0.717) is 32.5 Å². The molecule has 7 heteroatoms. The summed E-state index contributed by atoms with van der Waals surface area (Å²) < 4.78 is 4.64. The molecule has 0 saturated carbocycles. The molecule has 0 bridgehead atoms. The van der Waals surface area contributed by atoms with Crippen molar-refractivity contribution in [1.29, 1.82) is 0 Å². The molecule has 1 aromatic rings. The predicted molar refractivity (Wildman–Crippen MR) is 109 cm³/mol. The van der Waals surface area contributed by atoms with Crippen LogP contribution in [0.4, 0.5) is 4.79 Å². The van der Waals surface area contributed by atoms with Gasteiger partial charge in [-0.3, -0.25) is 9.59 Å². The number of rotatable bonds is 5. The number of hydrogen-bond donors (Lipinski definition) is 0. The molecule has 158 valence electrons. The lowest BCUT2D eigenvalue weighted by molar-refractivity contribution is -0.140. The quantitative estimate of drug-likeness (QED) is 0.711. The van der Waals surface area contributed by atoms with Crippen LogP contribution < -0.4 is 0 Å². The molecule has 2 saturated heterocycles. The summed E-state index contributed by atoms with van der Waals surface area (Å²) in [6, 6.07) is 8.19. The van der Waals surface area contributed by atoms with Crippen LogP contribution >= 0.6 is 0 Å². The number of methoxy groups -OCH3 is 1. The van der Waals surface area contributed by atoms with Gasteiger partial charge in [-0.15, -0.1) is 0 Å². The summed E-state index contributed by atoms with van der Waals surface area (Å²) in [5.74, 6) is 0.295. The minimum atomic E-state index is -0.284. The van der Waals surface area contributed by atoms with Crippen LogP contribution in [0.2, 0.25) is 0 Å². The Labute approximate surface area is 172 Å². The number of ether oxygens (including phenoxy) is 1. The maximum atomic E-state index is 12.8. The number of likely N-dealkylation sites (tertiary alicyclic amines) is 2. The van der Waals surface area contributed by atoms with E-state index in [-0.39, 0.29) is 42.2 Å². The Bertz CT molecular complexity index is 779. The van der Waals surface area contributed by atoms with Gasteiger partial charge in [0, 0.05) is 58.4 Å². The van der Waals surface area contributed by atoms with Crippen molar-refractivity contribution < 1.29 is 19.1 Å². The van der Waals surface area contributed by atoms with Crippen molar-refractivity contribution in [3.63, 3.8) is 0 Å². The molecule has 1 aromatic carbocycles. The fraction of sp³-hybridized carbons (Fsp3) is 0.591. The van der Waals surface area contributed by atoms with Gasteiger partial charge in [0.2, 0.25) is 5.91 Å². The Kier molecular flexibility index (Phi) is 6.45. The van der Waals surface area contributed by atoms with Gasteiger partial charge in [0.25, 0.3) is 0 Å². The predicted octanol–water partition coefficient (Wildman–Crippen LogP) is 2.45. The van der Waals surface area contributed by atoms with Crippen LogP contribution in [0, 0.1) is 18.8 Å². The van der Waals surface area contributed by atoms with E-state index in [1.165, 1.54) is 7.11 Å². The van der Waals surface area contributed by atoms with Gasteiger partial charge in [0.1, 0.15) is 0 Å². The lowest BCUT2D eigenvalue weighted by Gasteiger charge is -2.32. The molecule has 3 amide bonds. The van der Waals surface area contributed by atoms with Crippen molar-refractivity contribution in [1.82, 2.24) is 14.7 Å². The lowest BCUT2D eigenvalue weighted by atomic mass is 9.88. The molecule has 0 N–H and O–H groups in total. The average molecular weight is 402 g/mol. The zero-order valence-electron chi connectivity index (χ0n) is 17.8. The molecule has 0 spiro atoms. The molecule has 2 fully saturated rings. The molecule has 3 rings (SSSR count). The molecule has 0 unspecified atom stereocenters. The van der Waals surface area contributed by atoms with Crippen molar-refractivity contribution >= 4 is 17.9 Å². The molecular weight excluding hydrogens is 370 g/mol. The molecule has 0 aromatic heterocycles. The second-order valence-corrected chi connectivity index (χ2v) is 8.28. The van der Waals surface area contributed by atoms with E-state index in [9.17, 15) is 14.4 Å². The number of esters is 1. The largest absolute Gasteiger partial charge is 0.469 e. The molecule has 0 radical (unpaired) electrons. The molecule has 7 nitrogen and oxygen atoms in total. The first kappa shape index (κ1) is 21.1. The second kappa shape index (κ2) is 8.84. The number of carbonyl (C=O) groups excluding carboxylic acids is 3. The van der Waals surface area contributed by atoms with Crippen molar-refractivity contribution in [3.8, 4) is 0 Å².